The molecular formula is C13H15N3O3. The lowest BCUT2D eigenvalue weighted by Crippen LogP contribution is -2.25. The molecule has 6 nitrogen and oxygen atoms in total. The maximum Gasteiger partial charge on any atom is 0.269 e. The van der Waals surface area contributed by atoms with E-state index in [9.17, 15) is 14.9 Å². The molecule has 0 aliphatic rings. The van der Waals surface area contributed by atoms with E-state index in [1.54, 1.807) is 20.8 Å². The fourth-order valence-electron chi connectivity index (χ4n) is 1.62. The van der Waals surface area contributed by atoms with Gasteiger partial charge in [-0.2, -0.15) is 5.26 Å². The van der Waals surface area contributed by atoms with Crippen molar-refractivity contribution in [1.82, 2.24) is 0 Å². The number of rotatable bonds is 4. The molecule has 0 radical (unpaired) electrons. The summed E-state index contributed by atoms with van der Waals surface area (Å²) in [5.41, 5.74) is 1.04. The summed E-state index contributed by atoms with van der Waals surface area (Å²) >= 11 is 0. The molecule has 19 heavy (non-hydrogen) atoms. The van der Waals surface area contributed by atoms with Crippen molar-refractivity contribution in [3.05, 3.63) is 33.9 Å². The Morgan fingerprint density at radius 2 is 2.11 bits per heavy atom. The fourth-order valence-corrected chi connectivity index (χ4v) is 1.62. The van der Waals surface area contributed by atoms with Gasteiger partial charge in [-0.1, -0.05) is 13.8 Å². The van der Waals surface area contributed by atoms with Gasteiger partial charge in [-0.25, -0.2) is 0 Å². The minimum absolute atomic E-state index is 0.0313. The van der Waals surface area contributed by atoms with Gasteiger partial charge in [-0.15, -0.1) is 0 Å². The van der Waals surface area contributed by atoms with Crippen molar-refractivity contribution < 1.29 is 9.72 Å². The lowest BCUT2D eigenvalue weighted by molar-refractivity contribution is -0.384. The van der Waals surface area contributed by atoms with Crippen molar-refractivity contribution in [3.8, 4) is 6.07 Å². The zero-order valence-electron chi connectivity index (χ0n) is 11.0. The third-order valence-electron chi connectivity index (χ3n) is 2.77. The SMILES string of the molecule is Cc1cc([N+](=O)[O-])ccc1NC(=O)C(C#N)C(C)C. The number of carbonyl (C=O) groups is 1. The highest BCUT2D eigenvalue weighted by atomic mass is 16.6. The molecule has 0 saturated heterocycles. The van der Waals surface area contributed by atoms with Crippen LogP contribution in [-0.2, 0) is 4.79 Å². The van der Waals surface area contributed by atoms with Gasteiger partial charge in [0.25, 0.3) is 5.69 Å². The van der Waals surface area contributed by atoms with E-state index in [-0.39, 0.29) is 11.6 Å². The highest BCUT2D eigenvalue weighted by Crippen LogP contribution is 2.22. The van der Waals surface area contributed by atoms with E-state index < -0.39 is 16.7 Å². The van der Waals surface area contributed by atoms with Crippen LogP contribution in [0.25, 0.3) is 0 Å². The number of nitriles is 1. The van der Waals surface area contributed by atoms with E-state index >= 15 is 0 Å². The number of aryl methyl sites for hydroxylation is 1. The van der Waals surface area contributed by atoms with E-state index in [0.29, 0.717) is 11.3 Å². The average molecular weight is 261 g/mol. The molecule has 0 aromatic heterocycles. The van der Waals surface area contributed by atoms with Crippen LogP contribution in [0.5, 0.6) is 0 Å². The maximum absolute atomic E-state index is 11.9. The van der Waals surface area contributed by atoms with Crippen LogP contribution >= 0.6 is 0 Å². The Labute approximate surface area is 111 Å². The van der Waals surface area contributed by atoms with Crippen molar-refractivity contribution >= 4 is 17.3 Å². The van der Waals surface area contributed by atoms with Crippen molar-refractivity contribution in [3.63, 3.8) is 0 Å². The van der Waals surface area contributed by atoms with Crippen LogP contribution < -0.4 is 5.32 Å². The summed E-state index contributed by atoms with van der Waals surface area (Å²) in [7, 11) is 0. The van der Waals surface area contributed by atoms with E-state index in [2.05, 4.69) is 5.32 Å². The monoisotopic (exact) mass is 261 g/mol. The zero-order chi connectivity index (χ0) is 14.6. The molecule has 1 aromatic rings. The minimum Gasteiger partial charge on any atom is -0.325 e. The lowest BCUT2D eigenvalue weighted by atomic mass is 9.96. The first kappa shape index (κ1) is 14.6. The molecule has 0 heterocycles. The second kappa shape index (κ2) is 5.96. The summed E-state index contributed by atoms with van der Waals surface area (Å²) in [6, 6.07) is 6.12. The van der Waals surface area contributed by atoms with Crippen LogP contribution in [0.2, 0.25) is 0 Å². The Hall–Kier alpha value is -2.42. The topological polar surface area (TPSA) is 96.0 Å². The first-order valence-corrected chi connectivity index (χ1v) is 5.82. The Bertz CT molecular complexity index is 547. The summed E-state index contributed by atoms with van der Waals surface area (Å²) in [5.74, 6) is -1.23. The first-order chi connectivity index (χ1) is 8.86. The number of nitro groups is 1. The van der Waals surface area contributed by atoms with Crippen molar-refractivity contribution in [1.29, 1.82) is 5.26 Å². The number of nitrogens with zero attached hydrogens (tertiary/aromatic N) is 2. The number of hydrogen-bond donors (Lipinski definition) is 1. The van der Waals surface area contributed by atoms with Gasteiger partial charge in [-0.3, -0.25) is 14.9 Å². The van der Waals surface area contributed by atoms with Crippen LogP contribution in [0.15, 0.2) is 18.2 Å². The summed E-state index contributed by atoms with van der Waals surface area (Å²) < 4.78 is 0. The number of amides is 1. The maximum atomic E-state index is 11.9. The molecule has 1 atom stereocenters. The predicted molar refractivity (Wildman–Crippen MR) is 70.4 cm³/mol. The fraction of sp³-hybridized carbons (Fsp3) is 0.385. The highest BCUT2D eigenvalue weighted by Gasteiger charge is 2.22. The standard InChI is InChI=1S/C13H15N3O3/c1-8(2)11(7-14)13(17)15-12-5-4-10(16(18)19)6-9(12)3/h4-6,8,11H,1-3H3,(H,15,17). The number of hydrogen-bond acceptors (Lipinski definition) is 4. The van der Waals surface area contributed by atoms with E-state index in [1.165, 1.54) is 18.2 Å². The van der Waals surface area contributed by atoms with E-state index in [4.69, 9.17) is 5.26 Å². The van der Waals surface area contributed by atoms with Crippen LogP contribution in [0.3, 0.4) is 0 Å². The summed E-state index contributed by atoms with van der Waals surface area (Å²) in [6.45, 7) is 5.24. The second-order valence-corrected chi connectivity index (χ2v) is 4.60. The predicted octanol–water partition coefficient (Wildman–Crippen LogP) is 2.64. The lowest BCUT2D eigenvalue weighted by Gasteiger charge is -2.14. The number of nitro benzene ring substituents is 1. The van der Waals surface area contributed by atoms with Crippen LogP contribution in [0, 0.1) is 40.2 Å². The normalized spacial score (nSPS) is 11.7. The molecule has 6 heteroatoms. The third-order valence-corrected chi connectivity index (χ3v) is 2.77. The summed E-state index contributed by atoms with van der Waals surface area (Å²) in [6.07, 6.45) is 0. The van der Waals surface area contributed by atoms with Gasteiger partial charge in [0, 0.05) is 17.8 Å². The molecule has 0 fully saturated rings. The van der Waals surface area contributed by atoms with Gasteiger partial charge in [0.2, 0.25) is 5.91 Å². The Kier molecular flexibility index (Phi) is 4.59. The van der Waals surface area contributed by atoms with Gasteiger partial charge < -0.3 is 5.32 Å². The number of anilines is 1. The molecule has 0 aliphatic heterocycles. The van der Waals surface area contributed by atoms with Gasteiger partial charge in [-0.05, 0) is 24.5 Å². The smallest absolute Gasteiger partial charge is 0.269 e. The molecule has 0 aliphatic carbocycles. The van der Waals surface area contributed by atoms with Crippen molar-refractivity contribution in [2.75, 3.05) is 5.32 Å². The Balaban J connectivity index is 2.92. The van der Waals surface area contributed by atoms with Gasteiger partial charge in [0.05, 0.1) is 11.0 Å². The molecular weight excluding hydrogens is 246 g/mol. The third kappa shape index (κ3) is 3.52. The Morgan fingerprint density at radius 3 is 2.53 bits per heavy atom. The van der Waals surface area contributed by atoms with E-state index in [0.717, 1.165) is 0 Å². The molecule has 100 valence electrons. The number of benzene rings is 1. The van der Waals surface area contributed by atoms with Crippen LogP contribution in [0.4, 0.5) is 11.4 Å². The van der Waals surface area contributed by atoms with Crippen molar-refractivity contribution in [2.45, 2.75) is 20.8 Å². The van der Waals surface area contributed by atoms with Crippen LogP contribution in [0.1, 0.15) is 19.4 Å². The molecule has 0 spiro atoms. The quantitative estimate of drug-likeness (QED) is 0.665. The summed E-state index contributed by atoms with van der Waals surface area (Å²) in [5, 5.41) is 22.2. The largest absolute Gasteiger partial charge is 0.325 e. The molecule has 1 unspecified atom stereocenters. The van der Waals surface area contributed by atoms with Crippen molar-refractivity contribution in [2.24, 2.45) is 11.8 Å². The number of nitrogens with one attached hydrogen (secondary N) is 1. The second-order valence-electron chi connectivity index (χ2n) is 4.60. The highest BCUT2D eigenvalue weighted by molar-refractivity contribution is 5.95. The molecule has 0 bridgehead atoms. The van der Waals surface area contributed by atoms with Gasteiger partial charge >= 0.3 is 0 Å². The minimum atomic E-state index is -0.741. The molecule has 1 N–H and O–H groups in total. The molecule has 0 saturated carbocycles. The Morgan fingerprint density at radius 1 is 1.47 bits per heavy atom. The first-order valence-electron chi connectivity index (χ1n) is 5.82. The summed E-state index contributed by atoms with van der Waals surface area (Å²) in [4.78, 5) is 22.0. The molecule has 1 aromatic carbocycles. The van der Waals surface area contributed by atoms with E-state index in [1.807, 2.05) is 6.07 Å². The number of non-ortho nitro benzene ring substituents is 1. The average Bonchev–Trinajstić information content (AvgIpc) is 2.31. The van der Waals surface area contributed by atoms with Gasteiger partial charge in [0.1, 0.15) is 5.92 Å². The molecule has 1 amide bonds. The van der Waals surface area contributed by atoms with Gasteiger partial charge in [0.15, 0.2) is 0 Å². The zero-order valence-corrected chi connectivity index (χ0v) is 11.0. The molecule has 1 rings (SSSR count). The number of carbonyl (C=O) groups excluding carboxylic acids is 1. The van der Waals surface area contributed by atoms with Crippen LogP contribution in [-0.4, -0.2) is 10.8 Å².